The SMILES string of the molecule is CN(C)C(CNC(=O)[C@@H]1C[C@]1(C)c1ccccc1)Cc1ccc(O)cc1. The van der Waals surface area contributed by atoms with E-state index < -0.39 is 0 Å². The molecule has 0 radical (unpaired) electrons. The smallest absolute Gasteiger partial charge is 0.224 e. The zero-order valence-electron chi connectivity index (χ0n) is 15.8. The maximum Gasteiger partial charge on any atom is 0.224 e. The molecule has 4 nitrogen and oxygen atoms in total. The number of hydrogen-bond donors (Lipinski definition) is 2. The van der Waals surface area contributed by atoms with Crippen LogP contribution in [-0.4, -0.2) is 42.6 Å². The van der Waals surface area contributed by atoms with Gasteiger partial charge in [-0.3, -0.25) is 4.79 Å². The average Bonchev–Trinajstić information content (AvgIpc) is 3.34. The molecular weight excluding hydrogens is 324 g/mol. The van der Waals surface area contributed by atoms with Gasteiger partial charge in [-0.15, -0.1) is 0 Å². The zero-order chi connectivity index (χ0) is 18.7. The van der Waals surface area contributed by atoms with Crippen molar-refractivity contribution in [2.75, 3.05) is 20.6 Å². The maximum absolute atomic E-state index is 12.7. The van der Waals surface area contributed by atoms with Gasteiger partial charge >= 0.3 is 0 Å². The van der Waals surface area contributed by atoms with Gasteiger partial charge in [0.1, 0.15) is 5.75 Å². The third kappa shape index (κ3) is 4.07. The van der Waals surface area contributed by atoms with E-state index in [9.17, 15) is 9.90 Å². The monoisotopic (exact) mass is 352 g/mol. The highest BCUT2D eigenvalue weighted by molar-refractivity contribution is 5.84. The largest absolute Gasteiger partial charge is 0.508 e. The molecule has 2 aromatic rings. The lowest BCUT2D eigenvalue weighted by Crippen LogP contribution is -2.42. The normalized spacial score (nSPS) is 22.8. The minimum atomic E-state index is -0.0318. The third-order valence-electron chi connectivity index (χ3n) is 5.64. The number of aromatic hydroxyl groups is 1. The molecule has 0 aliphatic heterocycles. The number of carbonyl (C=O) groups excluding carboxylic acids is 1. The lowest BCUT2D eigenvalue weighted by molar-refractivity contribution is -0.122. The van der Waals surface area contributed by atoms with Crippen LogP contribution in [0.1, 0.15) is 24.5 Å². The molecule has 1 saturated carbocycles. The van der Waals surface area contributed by atoms with Gasteiger partial charge in [-0.1, -0.05) is 49.4 Å². The molecule has 0 bridgehead atoms. The van der Waals surface area contributed by atoms with Crippen LogP contribution in [0, 0.1) is 5.92 Å². The van der Waals surface area contributed by atoms with Crippen LogP contribution in [0.5, 0.6) is 5.75 Å². The number of rotatable bonds is 7. The van der Waals surface area contributed by atoms with Crippen LogP contribution in [0.2, 0.25) is 0 Å². The molecule has 0 heterocycles. The number of nitrogens with zero attached hydrogens (tertiary/aromatic N) is 1. The van der Waals surface area contributed by atoms with Crippen LogP contribution in [0.4, 0.5) is 0 Å². The van der Waals surface area contributed by atoms with E-state index in [0.29, 0.717) is 6.54 Å². The molecule has 2 aromatic carbocycles. The lowest BCUT2D eigenvalue weighted by Gasteiger charge is -2.25. The fourth-order valence-corrected chi connectivity index (χ4v) is 3.57. The van der Waals surface area contributed by atoms with E-state index in [1.54, 1.807) is 12.1 Å². The molecule has 4 heteroatoms. The number of amides is 1. The van der Waals surface area contributed by atoms with Gasteiger partial charge in [0.15, 0.2) is 0 Å². The third-order valence-corrected chi connectivity index (χ3v) is 5.64. The Kier molecular flexibility index (Phi) is 5.33. The summed E-state index contributed by atoms with van der Waals surface area (Å²) in [5, 5.41) is 12.6. The molecule has 1 unspecified atom stereocenters. The predicted molar refractivity (Wildman–Crippen MR) is 104 cm³/mol. The molecule has 1 fully saturated rings. The Hall–Kier alpha value is -2.33. The van der Waals surface area contributed by atoms with Crippen molar-refractivity contribution in [1.82, 2.24) is 10.2 Å². The number of nitrogens with one attached hydrogen (secondary N) is 1. The quantitative estimate of drug-likeness (QED) is 0.805. The number of phenols is 1. The first-order valence-electron chi connectivity index (χ1n) is 9.18. The second kappa shape index (κ2) is 7.50. The van der Waals surface area contributed by atoms with Gasteiger partial charge in [-0.25, -0.2) is 0 Å². The number of benzene rings is 2. The minimum Gasteiger partial charge on any atom is -0.508 e. The van der Waals surface area contributed by atoms with Crippen LogP contribution in [0.15, 0.2) is 54.6 Å². The highest BCUT2D eigenvalue weighted by Crippen LogP contribution is 2.53. The average molecular weight is 352 g/mol. The Morgan fingerprint density at radius 2 is 1.85 bits per heavy atom. The molecule has 26 heavy (non-hydrogen) atoms. The summed E-state index contributed by atoms with van der Waals surface area (Å²) in [4.78, 5) is 14.8. The lowest BCUT2D eigenvalue weighted by atomic mass is 9.95. The summed E-state index contributed by atoms with van der Waals surface area (Å²) in [6.07, 6.45) is 1.74. The van der Waals surface area contributed by atoms with E-state index in [1.165, 1.54) is 5.56 Å². The van der Waals surface area contributed by atoms with Crippen LogP contribution in [-0.2, 0) is 16.6 Å². The van der Waals surface area contributed by atoms with Gasteiger partial charge in [0.25, 0.3) is 0 Å². The topological polar surface area (TPSA) is 52.6 Å². The zero-order valence-corrected chi connectivity index (χ0v) is 15.8. The Morgan fingerprint density at radius 1 is 1.19 bits per heavy atom. The second-order valence-corrected chi connectivity index (χ2v) is 7.77. The van der Waals surface area contributed by atoms with Gasteiger partial charge in [0, 0.05) is 23.9 Å². The molecule has 0 saturated heterocycles. The van der Waals surface area contributed by atoms with Crippen molar-refractivity contribution >= 4 is 5.91 Å². The van der Waals surface area contributed by atoms with E-state index in [1.807, 2.05) is 44.4 Å². The molecule has 1 aliphatic carbocycles. The van der Waals surface area contributed by atoms with Crippen LogP contribution in [0.25, 0.3) is 0 Å². The summed E-state index contributed by atoms with van der Waals surface area (Å²) < 4.78 is 0. The van der Waals surface area contributed by atoms with E-state index in [-0.39, 0.29) is 29.0 Å². The second-order valence-electron chi connectivity index (χ2n) is 7.77. The predicted octanol–water partition coefficient (Wildman–Crippen LogP) is 2.96. The van der Waals surface area contributed by atoms with E-state index in [4.69, 9.17) is 0 Å². The summed E-state index contributed by atoms with van der Waals surface area (Å²) in [6.45, 7) is 2.79. The maximum atomic E-state index is 12.7. The van der Waals surface area contributed by atoms with Gasteiger partial charge in [-0.05, 0) is 50.2 Å². The summed E-state index contributed by atoms with van der Waals surface area (Å²) in [7, 11) is 4.06. The van der Waals surface area contributed by atoms with E-state index in [2.05, 4.69) is 29.3 Å². The van der Waals surface area contributed by atoms with Crippen molar-refractivity contribution < 1.29 is 9.90 Å². The van der Waals surface area contributed by atoms with E-state index >= 15 is 0 Å². The van der Waals surface area contributed by atoms with Crippen molar-refractivity contribution in [2.24, 2.45) is 5.92 Å². The summed E-state index contributed by atoms with van der Waals surface area (Å²) >= 11 is 0. The molecule has 0 aromatic heterocycles. The van der Waals surface area contributed by atoms with Gasteiger partial charge in [0.05, 0.1) is 0 Å². The highest BCUT2D eigenvalue weighted by atomic mass is 16.3. The molecule has 1 aliphatic rings. The number of phenolic OH excluding ortho intramolecular Hbond substituents is 1. The van der Waals surface area contributed by atoms with Crippen LogP contribution in [0.3, 0.4) is 0 Å². The van der Waals surface area contributed by atoms with Crippen molar-refractivity contribution in [2.45, 2.75) is 31.2 Å². The Bertz CT molecular complexity index is 742. The summed E-state index contributed by atoms with van der Waals surface area (Å²) in [5.74, 6) is 0.479. The molecule has 0 spiro atoms. The molecule has 3 atom stereocenters. The Balaban J connectivity index is 1.56. The van der Waals surface area contributed by atoms with Gasteiger partial charge in [-0.2, -0.15) is 0 Å². The standard InChI is InChI=1S/C22H28N2O2/c1-22(17-7-5-4-6-8-17)14-20(22)21(26)23-15-18(24(2)3)13-16-9-11-19(25)12-10-16/h4-12,18,20,25H,13-15H2,1-3H3,(H,23,26)/t18?,20-,22+/m0/s1. The first-order valence-corrected chi connectivity index (χ1v) is 9.18. The molecule has 2 N–H and O–H groups in total. The molecule has 138 valence electrons. The fraction of sp³-hybridized carbons (Fsp3) is 0.409. The van der Waals surface area contributed by atoms with Crippen molar-refractivity contribution in [1.29, 1.82) is 0 Å². The van der Waals surface area contributed by atoms with Crippen molar-refractivity contribution in [3.8, 4) is 5.75 Å². The minimum absolute atomic E-state index is 0.0318. The fourth-order valence-electron chi connectivity index (χ4n) is 3.57. The number of hydrogen-bond acceptors (Lipinski definition) is 3. The summed E-state index contributed by atoms with van der Waals surface area (Å²) in [5.41, 5.74) is 2.36. The molecule has 3 rings (SSSR count). The number of carbonyl (C=O) groups is 1. The van der Waals surface area contributed by atoms with Crippen LogP contribution < -0.4 is 5.32 Å². The van der Waals surface area contributed by atoms with Crippen LogP contribution >= 0.6 is 0 Å². The Morgan fingerprint density at radius 3 is 2.46 bits per heavy atom. The first kappa shape index (κ1) is 18.5. The first-order chi connectivity index (χ1) is 12.4. The van der Waals surface area contributed by atoms with Crippen molar-refractivity contribution in [3.05, 3.63) is 65.7 Å². The highest BCUT2D eigenvalue weighted by Gasteiger charge is 2.55. The van der Waals surface area contributed by atoms with E-state index in [0.717, 1.165) is 18.4 Å². The number of likely N-dealkylation sites (N-methyl/N-ethyl adjacent to an activating group) is 1. The molecule has 1 amide bonds. The van der Waals surface area contributed by atoms with Gasteiger partial charge < -0.3 is 15.3 Å². The summed E-state index contributed by atoms with van der Waals surface area (Å²) in [6, 6.07) is 17.8. The van der Waals surface area contributed by atoms with Crippen molar-refractivity contribution in [3.63, 3.8) is 0 Å². The Labute approximate surface area is 155 Å². The van der Waals surface area contributed by atoms with Gasteiger partial charge in [0.2, 0.25) is 5.91 Å². The molecular formula is C22H28N2O2.